The lowest BCUT2D eigenvalue weighted by Crippen LogP contribution is -2.53. The number of carbonyl (C=O) groups is 1. The normalized spacial score (nSPS) is 16.3. The number of piperidine rings is 1. The Bertz CT molecular complexity index is 801. The predicted octanol–water partition coefficient (Wildman–Crippen LogP) is 2.55. The number of rotatable bonds is 5. The molecule has 1 aliphatic rings. The zero-order valence-corrected chi connectivity index (χ0v) is 15.4. The third kappa shape index (κ3) is 3.61. The van der Waals surface area contributed by atoms with Crippen LogP contribution in [0.25, 0.3) is 0 Å². The molecule has 3 heterocycles. The fourth-order valence-corrected chi connectivity index (χ4v) is 3.20. The van der Waals surface area contributed by atoms with E-state index in [1.807, 2.05) is 19.9 Å². The molecule has 1 N–H and O–H groups in total. The molecule has 3 rings (SSSR count). The van der Waals surface area contributed by atoms with Crippen molar-refractivity contribution in [1.29, 1.82) is 0 Å². The van der Waals surface area contributed by atoms with E-state index >= 15 is 0 Å². The van der Waals surface area contributed by atoms with Crippen LogP contribution in [-0.2, 0) is 11.2 Å². The van der Waals surface area contributed by atoms with Crippen LogP contribution in [0.4, 0.5) is 5.82 Å². The molecule has 138 valence electrons. The number of pyridine rings is 1. The first-order valence-corrected chi connectivity index (χ1v) is 8.87. The smallest absolute Gasteiger partial charge is 0.348 e. The second-order valence-electron chi connectivity index (χ2n) is 6.59. The van der Waals surface area contributed by atoms with Crippen LogP contribution in [0.1, 0.15) is 37.0 Å². The van der Waals surface area contributed by atoms with Crippen molar-refractivity contribution in [2.75, 3.05) is 18.0 Å². The van der Waals surface area contributed by atoms with Crippen molar-refractivity contribution < 1.29 is 14.6 Å². The van der Waals surface area contributed by atoms with Gasteiger partial charge in [0.25, 0.3) is 0 Å². The highest BCUT2D eigenvalue weighted by Gasteiger charge is 2.44. The molecule has 0 aliphatic carbocycles. The Morgan fingerprint density at radius 2 is 2.04 bits per heavy atom. The summed E-state index contributed by atoms with van der Waals surface area (Å²) in [6.07, 6.45) is 3.26. The van der Waals surface area contributed by atoms with Crippen molar-refractivity contribution in [3.05, 3.63) is 41.6 Å². The van der Waals surface area contributed by atoms with Gasteiger partial charge in [0.05, 0.1) is 5.69 Å². The van der Waals surface area contributed by atoms with Gasteiger partial charge in [-0.2, -0.15) is 0 Å². The van der Waals surface area contributed by atoms with E-state index in [1.165, 1.54) is 0 Å². The van der Waals surface area contributed by atoms with Gasteiger partial charge in [0.15, 0.2) is 0 Å². The van der Waals surface area contributed by atoms with Gasteiger partial charge in [-0.1, -0.05) is 6.92 Å². The Morgan fingerprint density at radius 1 is 1.31 bits per heavy atom. The van der Waals surface area contributed by atoms with Gasteiger partial charge in [0.1, 0.15) is 17.4 Å². The summed E-state index contributed by atoms with van der Waals surface area (Å²) in [5.74, 6) is 1.17. The average molecular weight is 356 g/mol. The number of hydrogen-bond acceptors (Lipinski definition) is 6. The number of hydrogen-bond donors (Lipinski definition) is 1. The lowest BCUT2D eigenvalue weighted by molar-refractivity contribution is -0.157. The monoisotopic (exact) mass is 356 g/mol. The summed E-state index contributed by atoms with van der Waals surface area (Å²) in [4.78, 5) is 27.2. The molecule has 1 fully saturated rings. The number of aliphatic carboxylic acids is 1. The van der Waals surface area contributed by atoms with E-state index in [2.05, 4.69) is 26.8 Å². The number of aromatic nitrogens is 3. The summed E-state index contributed by atoms with van der Waals surface area (Å²) in [6, 6.07) is 5.50. The van der Waals surface area contributed by atoms with Crippen molar-refractivity contribution in [2.45, 2.75) is 45.6 Å². The predicted molar refractivity (Wildman–Crippen MR) is 97.6 cm³/mol. The molecule has 0 radical (unpaired) electrons. The first-order valence-electron chi connectivity index (χ1n) is 8.87. The van der Waals surface area contributed by atoms with E-state index in [4.69, 9.17) is 4.74 Å². The Morgan fingerprint density at radius 3 is 2.65 bits per heavy atom. The number of carboxylic acid groups (broad SMARTS) is 1. The Hall–Kier alpha value is -2.70. The highest BCUT2D eigenvalue weighted by molar-refractivity contribution is 5.78. The maximum atomic E-state index is 12.0. The van der Waals surface area contributed by atoms with Crippen LogP contribution in [0.3, 0.4) is 0 Å². The van der Waals surface area contributed by atoms with Gasteiger partial charge in [-0.05, 0) is 32.4 Å². The maximum Gasteiger partial charge on any atom is 0.348 e. The Labute approximate surface area is 153 Å². The van der Waals surface area contributed by atoms with E-state index in [0.717, 1.165) is 23.8 Å². The van der Waals surface area contributed by atoms with Gasteiger partial charge < -0.3 is 14.7 Å². The fourth-order valence-electron chi connectivity index (χ4n) is 3.20. The molecule has 2 aromatic heterocycles. The summed E-state index contributed by atoms with van der Waals surface area (Å²) in [5.41, 5.74) is 0.444. The minimum absolute atomic E-state index is 0.376. The standard InChI is InChI=1S/C19H24N4O3/c1-4-15-12-17(22-14(3)21-15)23-10-7-19(8-11-23,18(24)25)26-16-6-5-9-20-13(16)2/h5-6,9,12H,4,7-8,10-11H2,1-3H3,(H,24,25). The van der Waals surface area contributed by atoms with Gasteiger partial charge in [-0.25, -0.2) is 14.8 Å². The molecule has 1 saturated heterocycles. The van der Waals surface area contributed by atoms with Crippen LogP contribution >= 0.6 is 0 Å². The number of nitrogens with zero attached hydrogens (tertiary/aromatic N) is 4. The number of anilines is 1. The fraction of sp³-hybridized carbons (Fsp3) is 0.474. The zero-order valence-electron chi connectivity index (χ0n) is 15.4. The molecular weight excluding hydrogens is 332 g/mol. The summed E-state index contributed by atoms with van der Waals surface area (Å²) in [7, 11) is 0. The minimum atomic E-state index is -1.24. The highest BCUT2D eigenvalue weighted by atomic mass is 16.5. The van der Waals surface area contributed by atoms with Gasteiger partial charge in [0.2, 0.25) is 5.60 Å². The molecule has 0 unspecified atom stereocenters. The van der Waals surface area contributed by atoms with Crippen LogP contribution in [0, 0.1) is 13.8 Å². The molecule has 0 saturated carbocycles. The topological polar surface area (TPSA) is 88.4 Å². The molecule has 1 aliphatic heterocycles. The third-order valence-electron chi connectivity index (χ3n) is 4.79. The largest absolute Gasteiger partial charge is 0.478 e. The van der Waals surface area contributed by atoms with Gasteiger partial charge in [0, 0.05) is 43.9 Å². The zero-order chi connectivity index (χ0) is 18.7. The summed E-state index contributed by atoms with van der Waals surface area (Å²) >= 11 is 0. The number of carboxylic acids is 1. The highest BCUT2D eigenvalue weighted by Crippen LogP contribution is 2.32. The molecule has 0 spiro atoms. The van der Waals surface area contributed by atoms with E-state index in [1.54, 1.807) is 18.3 Å². The second-order valence-corrected chi connectivity index (χ2v) is 6.59. The molecule has 0 atom stereocenters. The summed E-state index contributed by atoms with van der Waals surface area (Å²) in [6.45, 7) is 6.87. The van der Waals surface area contributed by atoms with E-state index in [-0.39, 0.29) is 0 Å². The first-order chi connectivity index (χ1) is 12.4. The van der Waals surface area contributed by atoms with Crippen molar-refractivity contribution in [3.63, 3.8) is 0 Å². The van der Waals surface area contributed by atoms with Crippen LogP contribution in [0.15, 0.2) is 24.4 Å². The van der Waals surface area contributed by atoms with Crippen LogP contribution in [0.2, 0.25) is 0 Å². The van der Waals surface area contributed by atoms with E-state index < -0.39 is 11.6 Å². The SMILES string of the molecule is CCc1cc(N2CCC(Oc3cccnc3C)(C(=O)O)CC2)nc(C)n1. The maximum absolute atomic E-state index is 12.0. The molecule has 2 aromatic rings. The van der Waals surface area contributed by atoms with Crippen LogP contribution < -0.4 is 9.64 Å². The van der Waals surface area contributed by atoms with Crippen LogP contribution in [0.5, 0.6) is 5.75 Å². The van der Waals surface area contributed by atoms with Crippen molar-refractivity contribution >= 4 is 11.8 Å². The molecule has 0 aromatic carbocycles. The molecule has 7 nitrogen and oxygen atoms in total. The first kappa shape index (κ1) is 18.1. The van der Waals surface area contributed by atoms with E-state index in [9.17, 15) is 9.90 Å². The Kier molecular flexibility index (Phi) is 5.06. The Balaban J connectivity index is 1.79. The van der Waals surface area contributed by atoms with Crippen molar-refractivity contribution in [2.24, 2.45) is 0 Å². The van der Waals surface area contributed by atoms with Gasteiger partial charge >= 0.3 is 5.97 Å². The van der Waals surface area contributed by atoms with Crippen LogP contribution in [-0.4, -0.2) is 44.7 Å². The molecular formula is C19H24N4O3. The van der Waals surface area contributed by atoms with Gasteiger partial charge in [-0.15, -0.1) is 0 Å². The lowest BCUT2D eigenvalue weighted by Gasteiger charge is -2.39. The number of ether oxygens (including phenoxy) is 1. The van der Waals surface area contributed by atoms with Gasteiger partial charge in [-0.3, -0.25) is 4.98 Å². The molecule has 7 heteroatoms. The second kappa shape index (κ2) is 7.27. The average Bonchev–Trinajstić information content (AvgIpc) is 2.63. The summed E-state index contributed by atoms with van der Waals surface area (Å²) < 4.78 is 5.97. The third-order valence-corrected chi connectivity index (χ3v) is 4.79. The van der Waals surface area contributed by atoms with E-state index in [0.29, 0.717) is 37.4 Å². The molecule has 26 heavy (non-hydrogen) atoms. The minimum Gasteiger partial charge on any atom is -0.478 e. The summed E-state index contributed by atoms with van der Waals surface area (Å²) in [5, 5.41) is 9.83. The number of aryl methyl sites for hydroxylation is 3. The van der Waals surface area contributed by atoms with Crippen molar-refractivity contribution in [3.8, 4) is 5.75 Å². The van der Waals surface area contributed by atoms with Crippen molar-refractivity contribution in [1.82, 2.24) is 15.0 Å². The quantitative estimate of drug-likeness (QED) is 0.880. The molecule has 0 amide bonds. The lowest BCUT2D eigenvalue weighted by atomic mass is 9.91. The molecule has 0 bridgehead atoms.